The van der Waals surface area contributed by atoms with Crippen molar-refractivity contribution in [3.8, 4) is 0 Å². The van der Waals surface area contributed by atoms with Gasteiger partial charge in [0.1, 0.15) is 4.90 Å². The predicted molar refractivity (Wildman–Crippen MR) is 74.7 cm³/mol. The van der Waals surface area contributed by atoms with Crippen LogP contribution in [0.5, 0.6) is 0 Å². The molecule has 0 aliphatic carbocycles. The van der Waals surface area contributed by atoms with Gasteiger partial charge in [-0.05, 0) is 31.0 Å². The Balaban J connectivity index is 3.06. The molecule has 3 N–H and O–H groups in total. The Morgan fingerprint density at radius 3 is 2.42 bits per heavy atom. The largest absolute Gasteiger partial charge is 0.349 e. The van der Waals surface area contributed by atoms with Gasteiger partial charge in [0.2, 0.25) is 10.0 Å². The van der Waals surface area contributed by atoms with Crippen LogP contribution in [-0.2, 0) is 10.0 Å². The first-order valence-electron chi connectivity index (χ1n) is 5.92. The van der Waals surface area contributed by atoms with Crippen LogP contribution in [0.25, 0.3) is 0 Å². The second-order valence-corrected chi connectivity index (χ2v) is 6.11. The molecule has 0 radical (unpaired) electrons. The fourth-order valence-electron chi connectivity index (χ4n) is 1.62. The van der Waals surface area contributed by atoms with E-state index in [2.05, 4.69) is 5.32 Å². The topological polar surface area (TPSA) is 89.3 Å². The lowest BCUT2D eigenvalue weighted by molar-refractivity contribution is 0.0934. The fraction of sp³-hybridized carbons (Fsp3) is 0.417. The molecule has 1 aromatic carbocycles. The van der Waals surface area contributed by atoms with Gasteiger partial charge in [0.25, 0.3) is 5.91 Å². The maximum atomic E-state index is 12.0. The summed E-state index contributed by atoms with van der Waals surface area (Å²) in [5.41, 5.74) is 0.223. The van der Waals surface area contributed by atoms with Crippen molar-refractivity contribution in [2.45, 2.75) is 37.6 Å². The number of nitrogens with one attached hydrogen (secondary N) is 1. The van der Waals surface area contributed by atoms with E-state index in [4.69, 9.17) is 16.7 Å². The molecule has 0 aliphatic rings. The van der Waals surface area contributed by atoms with Gasteiger partial charge in [0.15, 0.2) is 0 Å². The van der Waals surface area contributed by atoms with Crippen molar-refractivity contribution in [3.63, 3.8) is 0 Å². The van der Waals surface area contributed by atoms with Crippen LogP contribution < -0.4 is 10.5 Å². The highest BCUT2D eigenvalue weighted by Crippen LogP contribution is 2.21. The maximum absolute atomic E-state index is 12.0. The Kier molecular flexibility index (Phi) is 5.34. The van der Waals surface area contributed by atoms with E-state index in [0.29, 0.717) is 0 Å². The molecule has 0 bridgehead atoms. The minimum absolute atomic E-state index is 0.00147. The summed E-state index contributed by atoms with van der Waals surface area (Å²) in [5.74, 6) is -0.338. The van der Waals surface area contributed by atoms with Crippen molar-refractivity contribution in [1.82, 2.24) is 5.32 Å². The average molecular weight is 305 g/mol. The third kappa shape index (κ3) is 4.19. The zero-order chi connectivity index (χ0) is 14.6. The molecule has 106 valence electrons. The summed E-state index contributed by atoms with van der Waals surface area (Å²) in [6, 6.07) is 4.06. The molecule has 1 aromatic rings. The second kappa shape index (κ2) is 6.36. The highest BCUT2D eigenvalue weighted by atomic mass is 35.5. The number of rotatable bonds is 5. The van der Waals surface area contributed by atoms with Crippen LogP contribution in [0.3, 0.4) is 0 Å². The normalized spacial score (nSPS) is 11.6. The molecule has 5 nitrogen and oxygen atoms in total. The predicted octanol–water partition coefficient (Wildman–Crippen LogP) is 1.91. The van der Waals surface area contributed by atoms with Crippen molar-refractivity contribution >= 4 is 27.5 Å². The third-order valence-electron chi connectivity index (χ3n) is 2.82. The van der Waals surface area contributed by atoms with Crippen LogP contribution in [0.1, 0.15) is 37.0 Å². The number of sulfonamides is 1. The minimum Gasteiger partial charge on any atom is -0.349 e. The van der Waals surface area contributed by atoms with E-state index in [1.165, 1.54) is 18.2 Å². The number of amides is 1. The van der Waals surface area contributed by atoms with Gasteiger partial charge in [0, 0.05) is 11.6 Å². The van der Waals surface area contributed by atoms with Gasteiger partial charge >= 0.3 is 0 Å². The molecular formula is C12H17ClN2O3S. The monoisotopic (exact) mass is 304 g/mol. The third-order valence-corrected chi connectivity index (χ3v) is 4.21. The van der Waals surface area contributed by atoms with Gasteiger partial charge in [-0.15, -0.1) is 0 Å². The highest BCUT2D eigenvalue weighted by Gasteiger charge is 2.17. The number of hydrogen-bond acceptors (Lipinski definition) is 3. The van der Waals surface area contributed by atoms with Gasteiger partial charge in [-0.25, -0.2) is 13.6 Å². The number of nitrogens with two attached hydrogens (primary N) is 1. The molecule has 0 saturated carbocycles. The fourth-order valence-corrected chi connectivity index (χ4v) is 2.70. The van der Waals surface area contributed by atoms with Gasteiger partial charge < -0.3 is 5.32 Å². The van der Waals surface area contributed by atoms with E-state index in [1.54, 1.807) is 0 Å². The van der Waals surface area contributed by atoms with Crippen LogP contribution in [0, 0.1) is 0 Å². The summed E-state index contributed by atoms with van der Waals surface area (Å²) in [6.07, 6.45) is 1.61. The van der Waals surface area contributed by atoms with E-state index in [1.807, 2.05) is 13.8 Å². The van der Waals surface area contributed by atoms with E-state index in [-0.39, 0.29) is 27.4 Å². The Morgan fingerprint density at radius 1 is 1.37 bits per heavy atom. The summed E-state index contributed by atoms with van der Waals surface area (Å²) >= 11 is 5.75. The standard InChI is InChI=1S/C12H17ClN2O3S/c1-3-9(4-2)15-12(16)8-5-6-10(13)11(7-8)19(14,17)18/h5-7,9H,3-4H2,1-2H3,(H,15,16)(H2,14,17,18). The highest BCUT2D eigenvalue weighted by molar-refractivity contribution is 7.89. The van der Waals surface area contributed by atoms with Crippen LogP contribution in [0.15, 0.2) is 23.1 Å². The van der Waals surface area contributed by atoms with Crippen molar-refractivity contribution in [1.29, 1.82) is 0 Å². The van der Waals surface area contributed by atoms with Gasteiger partial charge in [0.05, 0.1) is 5.02 Å². The Bertz CT molecular complexity index is 568. The molecule has 7 heteroatoms. The number of primary sulfonamides is 1. The Morgan fingerprint density at radius 2 is 1.95 bits per heavy atom. The van der Waals surface area contributed by atoms with Crippen molar-refractivity contribution in [2.24, 2.45) is 5.14 Å². The molecule has 0 unspecified atom stereocenters. The molecule has 1 amide bonds. The van der Waals surface area contributed by atoms with Gasteiger partial charge in [-0.2, -0.15) is 0 Å². The van der Waals surface area contributed by atoms with Crippen LogP contribution in [-0.4, -0.2) is 20.4 Å². The van der Waals surface area contributed by atoms with E-state index in [0.717, 1.165) is 12.8 Å². The average Bonchev–Trinajstić information content (AvgIpc) is 2.34. The molecular weight excluding hydrogens is 288 g/mol. The zero-order valence-electron chi connectivity index (χ0n) is 10.8. The maximum Gasteiger partial charge on any atom is 0.251 e. The van der Waals surface area contributed by atoms with Gasteiger partial charge in [-0.1, -0.05) is 25.4 Å². The summed E-state index contributed by atoms with van der Waals surface area (Å²) in [5, 5.41) is 7.85. The smallest absolute Gasteiger partial charge is 0.251 e. The minimum atomic E-state index is -3.94. The Hall–Kier alpha value is -1.11. The lowest BCUT2D eigenvalue weighted by atomic mass is 10.1. The molecule has 1 rings (SSSR count). The first-order chi connectivity index (χ1) is 8.79. The first-order valence-corrected chi connectivity index (χ1v) is 7.85. The number of carbonyl (C=O) groups is 1. The molecule has 0 spiro atoms. The van der Waals surface area contributed by atoms with Crippen LogP contribution in [0.2, 0.25) is 5.02 Å². The van der Waals surface area contributed by atoms with E-state index < -0.39 is 10.0 Å². The Labute approximate surface area is 118 Å². The van der Waals surface area contributed by atoms with Crippen molar-refractivity contribution in [3.05, 3.63) is 28.8 Å². The molecule has 0 heterocycles. The lowest BCUT2D eigenvalue weighted by Crippen LogP contribution is -2.33. The number of hydrogen-bond donors (Lipinski definition) is 2. The molecule has 0 saturated heterocycles. The molecule has 0 aromatic heterocycles. The summed E-state index contributed by atoms with van der Waals surface area (Å²) in [4.78, 5) is 11.7. The number of carbonyl (C=O) groups excluding carboxylic acids is 1. The number of benzene rings is 1. The molecule has 19 heavy (non-hydrogen) atoms. The van der Waals surface area contributed by atoms with E-state index in [9.17, 15) is 13.2 Å². The SMILES string of the molecule is CCC(CC)NC(=O)c1ccc(Cl)c(S(N)(=O)=O)c1. The first kappa shape index (κ1) is 15.9. The number of halogens is 1. The van der Waals surface area contributed by atoms with E-state index >= 15 is 0 Å². The van der Waals surface area contributed by atoms with Crippen LogP contribution in [0.4, 0.5) is 0 Å². The molecule has 0 aliphatic heterocycles. The summed E-state index contributed by atoms with van der Waals surface area (Å²) in [7, 11) is -3.94. The van der Waals surface area contributed by atoms with Crippen molar-refractivity contribution < 1.29 is 13.2 Å². The lowest BCUT2D eigenvalue weighted by Gasteiger charge is -2.15. The quantitative estimate of drug-likeness (QED) is 0.870. The molecule has 0 atom stereocenters. The summed E-state index contributed by atoms with van der Waals surface area (Å²) in [6.45, 7) is 3.93. The summed E-state index contributed by atoms with van der Waals surface area (Å²) < 4.78 is 22.6. The van der Waals surface area contributed by atoms with Gasteiger partial charge in [-0.3, -0.25) is 4.79 Å². The molecule has 0 fully saturated rings. The second-order valence-electron chi connectivity index (χ2n) is 4.18. The van der Waals surface area contributed by atoms with Crippen molar-refractivity contribution in [2.75, 3.05) is 0 Å². The van der Waals surface area contributed by atoms with Crippen LogP contribution >= 0.6 is 11.6 Å². The zero-order valence-corrected chi connectivity index (χ0v) is 12.4.